The molecule has 0 atom stereocenters. The fraction of sp³-hybridized carbons (Fsp3) is 0.143. The Morgan fingerprint density at radius 1 is 0.933 bits per heavy atom. The van der Waals surface area contributed by atoms with Crippen LogP contribution in [0.4, 0.5) is 25.2 Å². The molecule has 0 aliphatic carbocycles. The second kappa shape index (κ2) is 3.56. The second-order valence-corrected chi connectivity index (χ2v) is 4.39. The molecule has 1 rings (SSSR count). The minimum absolute atomic E-state index is 0. The van der Waals surface area contributed by atoms with Gasteiger partial charge in [-0.3, -0.25) is 0 Å². The molecule has 1 nitrogen and oxygen atoms in total. The van der Waals surface area contributed by atoms with Gasteiger partial charge in [0, 0.05) is 0 Å². The van der Waals surface area contributed by atoms with Crippen molar-refractivity contribution in [3.8, 4) is 5.75 Å². The van der Waals surface area contributed by atoms with Crippen molar-refractivity contribution in [1.29, 1.82) is 0 Å². The van der Waals surface area contributed by atoms with Gasteiger partial charge in [-0.1, -0.05) is 18.2 Å². The second-order valence-electron chi connectivity index (χ2n) is 2.48. The van der Waals surface area contributed by atoms with Crippen LogP contribution in [0.15, 0.2) is 30.3 Å². The molecular weight excluding hydrogens is 245 g/mol. The summed E-state index contributed by atoms with van der Waals surface area (Å²) in [5, 5.41) is 0. The summed E-state index contributed by atoms with van der Waals surface area (Å²) >= 11 is 0. The van der Waals surface area contributed by atoms with Crippen LogP contribution in [0.2, 0.25) is 0 Å². The van der Waals surface area contributed by atoms with Gasteiger partial charge in [0.05, 0.1) is 7.11 Å². The Hall–Kier alpha value is -0.970. The van der Waals surface area contributed by atoms with E-state index in [-0.39, 0.29) is 1.43 Å². The molecule has 1 aromatic rings. The Morgan fingerprint density at radius 3 is 1.47 bits per heavy atom. The standard InChI is InChI=1S/C7H8O.F6P/c1-8-7-5-3-2-4-6-7;1-7(2,3,4,5)6/h2-6H,1H3;/q;-1/p+1. The first-order valence-electron chi connectivity index (χ1n) is 3.54. The van der Waals surface area contributed by atoms with Gasteiger partial charge in [-0.05, 0) is 12.1 Å². The van der Waals surface area contributed by atoms with Gasteiger partial charge in [0.25, 0.3) is 0 Å². The van der Waals surface area contributed by atoms with Gasteiger partial charge < -0.3 is 4.74 Å². The molecule has 0 aliphatic rings. The normalized spacial score (nSPS) is 15.4. The summed E-state index contributed by atoms with van der Waals surface area (Å²) in [6.07, 6.45) is 0. The number of rotatable bonds is 1. The number of benzene rings is 1. The predicted octanol–water partition coefficient (Wildman–Crippen LogP) is 5.19. The molecule has 0 spiro atoms. The van der Waals surface area contributed by atoms with Gasteiger partial charge in [0.15, 0.2) is 0 Å². The van der Waals surface area contributed by atoms with Crippen LogP contribution in [-0.4, -0.2) is 7.11 Å². The van der Waals surface area contributed by atoms with Crippen LogP contribution in [-0.2, 0) is 0 Å². The molecule has 15 heavy (non-hydrogen) atoms. The van der Waals surface area contributed by atoms with E-state index in [0.29, 0.717) is 0 Å². The maximum atomic E-state index is 9.87. The Labute approximate surface area is 83.4 Å². The first-order valence-corrected chi connectivity index (χ1v) is 5.57. The van der Waals surface area contributed by atoms with Crippen LogP contribution in [0.1, 0.15) is 1.43 Å². The maximum Gasteiger partial charge on any atom is 1.00 e. The molecule has 0 amide bonds. The third-order valence-electron chi connectivity index (χ3n) is 0.979. The van der Waals surface area contributed by atoms with Gasteiger partial charge >= 0.3 is 34.4 Å². The summed E-state index contributed by atoms with van der Waals surface area (Å²) in [5.74, 6) is 0.910. The average molecular weight is 254 g/mol. The summed E-state index contributed by atoms with van der Waals surface area (Å²) < 4.78 is 64.1. The summed E-state index contributed by atoms with van der Waals surface area (Å²) in [4.78, 5) is 0. The van der Waals surface area contributed by atoms with Crippen molar-refractivity contribution in [3.05, 3.63) is 30.3 Å². The first-order chi connectivity index (χ1) is 6.38. The predicted molar refractivity (Wildman–Crippen MR) is 47.7 cm³/mol. The molecule has 0 aromatic heterocycles. The van der Waals surface area contributed by atoms with E-state index in [1.807, 2.05) is 30.3 Å². The van der Waals surface area contributed by atoms with Crippen LogP contribution < -0.4 is 4.74 Å². The third kappa shape index (κ3) is 19.4. The molecule has 0 saturated carbocycles. The fourth-order valence-corrected chi connectivity index (χ4v) is 0.557. The van der Waals surface area contributed by atoms with Crippen molar-refractivity contribution in [2.75, 3.05) is 7.11 Å². The maximum absolute atomic E-state index is 10.7. The van der Waals surface area contributed by atoms with Crippen LogP contribution in [0.3, 0.4) is 0 Å². The molecule has 0 aliphatic heterocycles. The molecule has 0 N–H and O–H groups in total. The van der Waals surface area contributed by atoms with Crippen LogP contribution >= 0.6 is 7.81 Å². The van der Waals surface area contributed by atoms with Gasteiger partial charge in [-0.2, -0.15) is 0 Å². The summed E-state index contributed by atoms with van der Waals surface area (Å²) in [5.41, 5.74) is 0. The average Bonchev–Trinajstić information content (AvgIpc) is 2.00. The van der Waals surface area contributed by atoms with Gasteiger partial charge in [0.2, 0.25) is 0 Å². The number of ether oxygens (including phenoxy) is 1. The molecular formula is C7H9F6OP. The van der Waals surface area contributed by atoms with E-state index < -0.39 is 7.81 Å². The van der Waals surface area contributed by atoms with Crippen molar-refractivity contribution in [2.45, 2.75) is 0 Å². The third-order valence-corrected chi connectivity index (χ3v) is 0.979. The molecule has 0 saturated heterocycles. The van der Waals surface area contributed by atoms with Crippen molar-refractivity contribution >= 4 is 7.81 Å². The summed E-state index contributed by atoms with van der Waals surface area (Å²) in [6, 6.07) is 9.68. The molecule has 1 aromatic carbocycles. The van der Waals surface area contributed by atoms with E-state index in [2.05, 4.69) is 0 Å². The van der Waals surface area contributed by atoms with Crippen molar-refractivity contribution in [3.63, 3.8) is 0 Å². The molecule has 0 bridgehead atoms. The Kier molecular flexibility index (Phi) is 3.33. The summed E-state index contributed by atoms with van der Waals surface area (Å²) in [6.45, 7) is 0. The molecule has 0 fully saturated rings. The van der Waals surface area contributed by atoms with Crippen LogP contribution in [0, 0.1) is 0 Å². The topological polar surface area (TPSA) is 9.23 Å². The minimum Gasteiger partial charge on any atom is 1.00 e. The van der Waals surface area contributed by atoms with E-state index in [9.17, 15) is 25.2 Å². The Balaban J connectivity index is 0. The van der Waals surface area contributed by atoms with Gasteiger partial charge in [-0.15, -0.1) is 0 Å². The van der Waals surface area contributed by atoms with E-state index in [1.165, 1.54) is 0 Å². The van der Waals surface area contributed by atoms with Crippen molar-refractivity contribution in [1.82, 2.24) is 0 Å². The van der Waals surface area contributed by atoms with Crippen molar-refractivity contribution < 1.29 is 31.3 Å². The number of methoxy groups -OCH3 is 1. The van der Waals surface area contributed by atoms with Gasteiger partial charge in [-0.25, -0.2) is 0 Å². The first kappa shape index (κ1) is 14.0. The number of hydrogen-bond donors (Lipinski definition) is 0. The quantitative estimate of drug-likeness (QED) is 0.495. The zero-order valence-electron chi connectivity index (χ0n) is 8.51. The SMILES string of the molecule is COc1ccccc1.F[P-](F)(F)(F)(F)F.[H+]. The van der Waals surface area contributed by atoms with E-state index >= 15 is 0 Å². The van der Waals surface area contributed by atoms with E-state index in [1.54, 1.807) is 7.11 Å². The van der Waals surface area contributed by atoms with Crippen LogP contribution in [0.25, 0.3) is 0 Å². The minimum atomic E-state index is -10.7. The van der Waals surface area contributed by atoms with Gasteiger partial charge in [0.1, 0.15) is 5.75 Å². The zero-order valence-corrected chi connectivity index (χ0v) is 8.40. The fourth-order valence-electron chi connectivity index (χ4n) is 0.557. The molecule has 8 heteroatoms. The van der Waals surface area contributed by atoms with Crippen LogP contribution in [0.5, 0.6) is 5.75 Å². The Morgan fingerprint density at radius 2 is 1.27 bits per heavy atom. The number of hydrogen-bond acceptors (Lipinski definition) is 1. The van der Waals surface area contributed by atoms with E-state index in [4.69, 9.17) is 4.74 Å². The van der Waals surface area contributed by atoms with Crippen molar-refractivity contribution in [2.24, 2.45) is 0 Å². The summed E-state index contributed by atoms with van der Waals surface area (Å²) in [7, 11) is -9.00. The molecule has 0 unspecified atom stereocenters. The monoisotopic (exact) mass is 254 g/mol. The van der Waals surface area contributed by atoms with E-state index in [0.717, 1.165) is 5.75 Å². The largest absolute Gasteiger partial charge is 1.00 e. The smallest absolute Gasteiger partial charge is 1.00 e. The molecule has 0 radical (unpaired) electrons. The number of halogens is 6. The molecule has 90 valence electrons. The molecule has 0 heterocycles. The number of para-hydroxylation sites is 1. The Bertz CT molecular complexity index is 297. The zero-order chi connectivity index (χ0) is 12.2.